The quantitative estimate of drug-likeness (QED) is 0.178. The van der Waals surface area contributed by atoms with E-state index in [-0.39, 0.29) is 0 Å². The Labute approximate surface area is 323 Å². The first-order valence-electron chi connectivity index (χ1n) is 18.4. The fraction of sp³-hybridized carbons (Fsp3) is 0. The molecule has 5 heteroatoms. The lowest BCUT2D eigenvalue weighted by molar-refractivity contribution is 1.17. The van der Waals surface area contributed by atoms with E-state index in [1.54, 1.807) is 0 Å². The Morgan fingerprint density at radius 2 is 0.893 bits per heavy atom. The molecule has 0 radical (unpaired) electrons. The number of nitrogens with zero attached hydrogens (tertiary/aromatic N) is 5. The Morgan fingerprint density at radius 1 is 0.357 bits per heavy atom. The molecule has 0 atom stereocenters. The van der Waals surface area contributed by atoms with Crippen molar-refractivity contribution >= 4 is 43.6 Å². The monoisotopic (exact) mass is 711 g/mol. The largest absolute Gasteiger partial charge is 0.309 e. The summed E-state index contributed by atoms with van der Waals surface area (Å²) in [6.07, 6.45) is 0. The van der Waals surface area contributed by atoms with Crippen LogP contribution in [0.5, 0.6) is 0 Å². The lowest BCUT2D eigenvalue weighted by Gasteiger charge is -2.17. The molecule has 0 amide bonds. The number of nitriles is 3. The van der Waals surface area contributed by atoms with Crippen molar-refractivity contribution in [3.63, 3.8) is 0 Å². The van der Waals surface area contributed by atoms with Crippen molar-refractivity contribution in [1.29, 1.82) is 15.8 Å². The summed E-state index contributed by atoms with van der Waals surface area (Å²) in [5.74, 6) is 0. The summed E-state index contributed by atoms with van der Waals surface area (Å²) < 4.78 is 4.46. The molecular formula is C51H29N5. The van der Waals surface area contributed by atoms with E-state index in [9.17, 15) is 15.8 Å². The zero-order valence-electron chi connectivity index (χ0n) is 30.0. The molecule has 0 aliphatic rings. The molecule has 0 saturated heterocycles. The fourth-order valence-corrected chi connectivity index (χ4v) is 8.48. The van der Waals surface area contributed by atoms with Gasteiger partial charge in [-0.1, -0.05) is 109 Å². The second-order valence-electron chi connectivity index (χ2n) is 13.8. The van der Waals surface area contributed by atoms with Gasteiger partial charge in [-0.15, -0.1) is 0 Å². The van der Waals surface area contributed by atoms with Crippen LogP contribution in [-0.2, 0) is 0 Å². The standard InChI is InChI=1S/C51H29N5/c52-30-33-23-26-36(27-24-33)55-48-28-25-34(31-53)29-45(48)43-19-9-18-42(51(43)55)40-15-5-3-13-38(40)37-12-2-4-14-39(37)41-17-10-22-49-50(41)44-16-6-8-21-47(44)56(49)46-20-7-1-11-35(46)32-54/h1-29H. The maximum absolute atomic E-state index is 10.1. The third-order valence-corrected chi connectivity index (χ3v) is 10.9. The number of hydrogen-bond acceptors (Lipinski definition) is 3. The van der Waals surface area contributed by atoms with Crippen molar-refractivity contribution in [2.45, 2.75) is 0 Å². The van der Waals surface area contributed by atoms with Crippen molar-refractivity contribution in [3.05, 3.63) is 193 Å². The van der Waals surface area contributed by atoms with Gasteiger partial charge in [0.15, 0.2) is 0 Å². The Bertz CT molecular complexity index is 3340. The van der Waals surface area contributed by atoms with Gasteiger partial charge in [0.05, 0.1) is 56.6 Å². The predicted octanol–water partition coefficient (Wildman–Crippen LogP) is 12.5. The molecule has 0 N–H and O–H groups in total. The van der Waals surface area contributed by atoms with E-state index < -0.39 is 0 Å². The van der Waals surface area contributed by atoms with E-state index in [0.717, 1.165) is 88.4 Å². The number of rotatable bonds is 5. The van der Waals surface area contributed by atoms with E-state index in [4.69, 9.17) is 0 Å². The van der Waals surface area contributed by atoms with Gasteiger partial charge >= 0.3 is 0 Å². The number of hydrogen-bond donors (Lipinski definition) is 0. The number of aromatic nitrogens is 2. The highest BCUT2D eigenvalue weighted by Crippen LogP contribution is 2.46. The van der Waals surface area contributed by atoms with Crippen LogP contribution < -0.4 is 0 Å². The molecule has 2 aromatic heterocycles. The first kappa shape index (κ1) is 32.5. The minimum atomic E-state index is 0.593. The molecule has 0 spiro atoms. The van der Waals surface area contributed by atoms with Gasteiger partial charge in [0.2, 0.25) is 0 Å². The fourth-order valence-electron chi connectivity index (χ4n) is 8.48. The second kappa shape index (κ2) is 13.0. The van der Waals surface area contributed by atoms with Crippen LogP contribution in [0.15, 0.2) is 176 Å². The van der Waals surface area contributed by atoms with Gasteiger partial charge in [-0.3, -0.25) is 0 Å². The van der Waals surface area contributed by atoms with Crippen LogP contribution in [-0.4, -0.2) is 9.13 Å². The lowest BCUT2D eigenvalue weighted by atomic mass is 9.87. The summed E-state index contributed by atoms with van der Waals surface area (Å²) in [5, 5.41) is 33.8. The third-order valence-electron chi connectivity index (χ3n) is 10.9. The third kappa shape index (κ3) is 4.92. The lowest BCUT2D eigenvalue weighted by Crippen LogP contribution is -1.97. The number of benzene rings is 8. The summed E-state index contributed by atoms with van der Waals surface area (Å²) in [6.45, 7) is 0. The Kier molecular flexibility index (Phi) is 7.57. The maximum atomic E-state index is 10.1. The summed E-state index contributed by atoms with van der Waals surface area (Å²) in [7, 11) is 0. The molecule has 0 unspecified atom stereocenters. The van der Waals surface area contributed by atoms with Gasteiger partial charge in [-0.2, -0.15) is 15.8 Å². The minimum absolute atomic E-state index is 0.593. The van der Waals surface area contributed by atoms with Crippen LogP contribution in [0, 0.1) is 34.0 Å². The number of para-hydroxylation sites is 3. The predicted molar refractivity (Wildman–Crippen MR) is 226 cm³/mol. The minimum Gasteiger partial charge on any atom is -0.309 e. The highest BCUT2D eigenvalue weighted by Gasteiger charge is 2.22. The normalized spacial score (nSPS) is 11.2. The van der Waals surface area contributed by atoms with Crippen LogP contribution in [0.2, 0.25) is 0 Å². The average molecular weight is 712 g/mol. The molecule has 0 aliphatic carbocycles. The summed E-state index contributed by atoms with van der Waals surface area (Å²) in [6, 6.07) is 66.7. The van der Waals surface area contributed by atoms with Crippen molar-refractivity contribution in [1.82, 2.24) is 9.13 Å². The van der Waals surface area contributed by atoms with Crippen LogP contribution in [0.4, 0.5) is 0 Å². The molecule has 0 fully saturated rings. The van der Waals surface area contributed by atoms with Crippen molar-refractivity contribution in [2.24, 2.45) is 0 Å². The molecular weight excluding hydrogens is 683 g/mol. The highest BCUT2D eigenvalue weighted by molar-refractivity contribution is 6.18. The van der Waals surface area contributed by atoms with Gasteiger partial charge < -0.3 is 9.13 Å². The molecule has 0 saturated carbocycles. The molecule has 8 aromatic carbocycles. The van der Waals surface area contributed by atoms with Crippen LogP contribution in [0.1, 0.15) is 16.7 Å². The average Bonchev–Trinajstić information content (AvgIpc) is 3.79. The van der Waals surface area contributed by atoms with Gasteiger partial charge in [0.25, 0.3) is 0 Å². The molecule has 0 bridgehead atoms. The summed E-state index contributed by atoms with van der Waals surface area (Å²) in [5.41, 5.74) is 14.2. The highest BCUT2D eigenvalue weighted by atomic mass is 15.0. The van der Waals surface area contributed by atoms with Crippen molar-refractivity contribution in [2.75, 3.05) is 0 Å². The molecule has 5 nitrogen and oxygen atoms in total. The van der Waals surface area contributed by atoms with Crippen LogP contribution >= 0.6 is 0 Å². The first-order valence-corrected chi connectivity index (χ1v) is 18.4. The van der Waals surface area contributed by atoms with E-state index in [1.165, 1.54) is 0 Å². The van der Waals surface area contributed by atoms with Gasteiger partial charge in [-0.25, -0.2) is 0 Å². The maximum Gasteiger partial charge on any atom is 0.101 e. The van der Waals surface area contributed by atoms with Gasteiger partial charge in [0.1, 0.15) is 6.07 Å². The SMILES string of the molecule is N#Cc1ccc(-n2c3ccc(C#N)cc3c3cccc(-c4ccccc4-c4ccccc4-c4cccc5c4c4ccccc4n5-c4ccccc4C#N)c32)cc1. The Balaban J connectivity index is 1.25. The van der Waals surface area contributed by atoms with E-state index in [1.807, 2.05) is 66.7 Å². The smallest absolute Gasteiger partial charge is 0.101 e. The molecule has 2 heterocycles. The van der Waals surface area contributed by atoms with E-state index in [0.29, 0.717) is 16.7 Å². The first-order chi connectivity index (χ1) is 27.7. The molecule has 0 aliphatic heterocycles. The second-order valence-corrected chi connectivity index (χ2v) is 13.8. The van der Waals surface area contributed by atoms with Gasteiger partial charge in [0, 0.05) is 32.8 Å². The van der Waals surface area contributed by atoms with E-state index in [2.05, 4.69) is 137 Å². The summed E-state index contributed by atoms with van der Waals surface area (Å²) >= 11 is 0. The van der Waals surface area contributed by atoms with Gasteiger partial charge in [-0.05, 0) is 94.5 Å². The van der Waals surface area contributed by atoms with E-state index >= 15 is 0 Å². The Hall–Kier alpha value is -8.17. The zero-order chi connectivity index (χ0) is 37.8. The molecule has 10 aromatic rings. The topological polar surface area (TPSA) is 81.2 Å². The molecule has 56 heavy (non-hydrogen) atoms. The zero-order valence-corrected chi connectivity index (χ0v) is 30.0. The molecule has 10 rings (SSSR count). The Morgan fingerprint density at radius 3 is 1.62 bits per heavy atom. The molecule has 258 valence electrons. The van der Waals surface area contributed by atoms with Crippen molar-refractivity contribution in [3.8, 4) is 63.0 Å². The summed E-state index contributed by atoms with van der Waals surface area (Å²) in [4.78, 5) is 0. The number of fused-ring (bicyclic) bond motifs is 6. The van der Waals surface area contributed by atoms with Crippen molar-refractivity contribution < 1.29 is 0 Å². The van der Waals surface area contributed by atoms with Crippen LogP contribution in [0.3, 0.4) is 0 Å². The van der Waals surface area contributed by atoms with Crippen LogP contribution in [0.25, 0.3) is 88.4 Å².